The zero-order valence-electron chi connectivity index (χ0n) is 8.26. The number of hydrogen-bond donors (Lipinski definition) is 1. The van der Waals surface area contributed by atoms with E-state index < -0.39 is 12.6 Å². The van der Waals surface area contributed by atoms with Crippen molar-refractivity contribution in [2.75, 3.05) is 0 Å². The summed E-state index contributed by atoms with van der Waals surface area (Å²) in [6, 6.07) is 0. The fourth-order valence-corrected chi connectivity index (χ4v) is 1.48. The highest BCUT2D eigenvalue weighted by Gasteiger charge is 2.27. The Balaban J connectivity index is 2.75. The summed E-state index contributed by atoms with van der Waals surface area (Å²) in [4.78, 5) is 0. The van der Waals surface area contributed by atoms with Gasteiger partial charge in [0.15, 0.2) is 4.77 Å². The predicted octanol–water partition coefficient (Wildman–Crippen LogP) is 2.85. The second-order valence-corrected chi connectivity index (χ2v) is 3.60. The quantitative estimate of drug-likeness (QED) is 0.820. The van der Waals surface area contributed by atoms with E-state index in [9.17, 15) is 13.2 Å². The lowest BCUT2D eigenvalue weighted by atomic mass is 10.3. The number of aryl methyl sites for hydroxylation is 1. The molecule has 0 saturated heterocycles. The lowest BCUT2D eigenvalue weighted by Crippen LogP contribution is -2.14. The fourth-order valence-electron chi connectivity index (χ4n) is 1.23. The van der Waals surface area contributed by atoms with Gasteiger partial charge in [0.2, 0.25) is 0 Å². The maximum absolute atomic E-state index is 12.0. The standard InChI is InChI=1S/C8H12F3N3S/c1-2-3-6-12-13-7(15)14(6)5-4-8(9,10)11/h2-5H2,1H3,(H,13,15). The Hall–Kier alpha value is -0.850. The molecule has 0 fully saturated rings. The van der Waals surface area contributed by atoms with Crippen LogP contribution in [0.1, 0.15) is 25.6 Å². The van der Waals surface area contributed by atoms with Crippen molar-refractivity contribution >= 4 is 12.2 Å². The average Bonchev–Trinajstić information content (AvgIpc) is 2.44. The van der Waals surface area contributed by atoms with Gasteiger partial charge in [0, 0.05) is 13.0 Å². The summed E-state index contributed by atoms with van der Waals surface area (Å²) in [7, 11) is 0. The van der Waals surface area contributed by atoms with Gasteiger partial charge < -0.3 is 4.57 Å². The van der Waals surface area contributed by atoms with Gasteiger partial charge in [-0.1, -0.05) is 6.92 Å². The molecule has 86 valence electrons. The van der Waals surface area contributed by atoms with Crippen LogP contribution in [-0.4, -0.2) is 20.9 Å². The molecule has 0 saturated carbocycles. The first-order valence-corrected chi connectivity index (χ1v) is 5.05. The molecule has 0 aliphatic rings. The Morgan fingerprint density at radius 1 is 1.47 bits per heavy atom. The van der Waals surface area contributed by atoms with Crippen LogP contribution in [0.3, 0.4) is 0 Å². The zero-order valence-corrected chi connectivity index (χ0v) is 9.08. The molecule has 7 heteroatoms. The number of rotatable bonds is 4. The van der Waals surface area contributed by atoms with E-state index in [4.69, 9.17) is 12.2 Å². The van der Waals surface area contributed by atoms with Crippen molar-refractivity contribution in [1.82, 2.24) is 14.8 Å². The summed E-state index contributed by atoms with van der Waals surface area (Å²) in [5.74, 6) is 0.590. The van der Waals surface area contributed by atoms with Crippen LogP contribution in [0.25, 0.3) is 0 Å². The summed E-state index contributed by atoms with van der Waals surface area (Å²) in [5, 5.41) is 6.39. The van der Waals surface area contributed by atoms with E-state index in [1.807, 2.05) is 6.92 Å². The summed E-state index contributed by atoms with van der Waals surface area (Å²) < 4.78 is 37.7. The van der Waals surface area contributed by atoms with E-state index in [2.05, 4.69) is 10.2 Å². The molecule has 1 aromatic heterocycles. The van der Waals surface area contributed by atoms with Gasteiger partial charge >= 0.3 is 6.18 Å². The molecule has 0 unspecified atom stereocenters. The highest BCUT2D eigenvalue weighted by atomic mass is 32.1. The number of halogens is 3. The van der Waals surface area contributed by atoms with E-state index in [0.29, 0.717) is 12.2 Å². The van der Waals surface area contributed by atoms with Gasteiger partial charge in [-0.3, -0.25) is 5.10 Å². The Morgan fingerprint density at radius 3 is 2.67 bits per heavy atom. The average molecular weight is 239 g/mol. The van der Waals surface area contributed by atoms with Gasteiger partial charge in [0.1, 0.15) is 5.82 Å². The van der Waals surface area contributed by atoms with E-state index in [-0.39, 0.29) is 11.3 Å². The molecule has 0 bridgehead atoms. The summed E-state index contributed by atoms with van der Waals surface area (Å²) >= 11 is 4.85. The fraction of sp³-hybridized carbons (Fsp3) is 0.750. The van der Waals surface area contributed by atoms with Gasteiger partial charge in [-0.05, 0) is 18.6 Å². The van der Waals surface area contributed by atoms with Crippen LogP contribution in [0.5, 0.6) is 0 Å². The summed E-state index contributed by atoms with van der Waals surface area (Å²) in [6.45, 7) is 1.78. The third-order valence-corrected chi connectivity index (χ3v) is 2.24. The van der Waals surface area contributed by atoms with Crippen molar-refractivity contribution in [3.63, 3.8) is 0 Å². The van der Waals surface area contributed by atoms with Gasteiger partial charge in [0.05, 0.1) is 6.42 Å². The Morgan fingerprint density at radius 2 is 2.13 bits per heavy atom. The number of hydrogen-bond acceptors (Lipinski definition) is 2. The molecule has 15 heavy (non-hydrogen) atoms. The SMILES string of the molecule is CCCc1n[nH]c(=S)n1CCC(F)(F)F. The van der Waals surface area contributed by atoms with Gasteiger partial charge in [-0.15, -0.1) is 0 Å². The molecule has 0 amide bonds. The number of aromatic amines is 1. The van der Waals surface area contributed by atoms with Gasteiger partial charge in [0.25, 0.3) is 0 Å². The zero-order chi connectivity index (χ0) is 11.5. The Labute approximate surface area is 90.3 Å². The minimum atomic E-state index is -4.16. The molecule has 0 aliphatic heterocycles. The van der Waals surface area contributed by atoms with Gasteiger partial charge in [-0.25, -0.2) is 0 Å². The lowest BCUT2D eigenvalue weighted by molar-refractivity contribution is -0.136. The van der Waals surface area contributed by atoms with Crippen molar-refractivity contribution < 1.29 is 13.2 Å². The molecule has 1 rings (SSSR count). The predicted molar refractivity (Wildman–Crippen MR) is 52.1 cm³/mol. The molecule has 1 aromatic rings. The largest absolute Gasteiger partial charge is 0.390 e. The first kappa shape index (κ1) is 12.2. The maximum Gasteiger partial charge on any atom is 0.390 e. The second-order valence-electron chi connectivity index (χ2n) is 3.21. The summed E-state index contributed by atoms with van der Waals surface area (Å²) in [5.41, 5.74) is 0. The number of aromatic nitrogens is 3. The lowest BCUT2D eigenvalue weighted by Gasteiger charge is -2.08. The molecule has 3 nitrogen and oxygen atoms in total. The second kappa shape index (κ2) is 4.78. The van der Waals surface area contributed by atoms with Crippen molar-refractivity contribution in [1.29, 1.82) is 0 Å². The summed E-state index contributed by atoms with van der Waals surface area (Å²) in [6.07, 6.45) is -3.58. The molecule has 0 radical (unpaired) electrons. The number of alkyl halides is 3. The first-order chi connectivity index (χ1) is 6.94. The Kier molecular flexibility index (Phi) is 3.90. The van der Waals surface area contributed by atoms with Crippen LogP contribution < -0.4 is 0 Å². The van der Waals surface area contributed by atoms with Crippen LogP contribution in [0.4, 0.5) is 13.2 Å². The maximum atomic E-state index is 12.0. The van der Waals surface area contributed by atoms with E-state index >= 15 is 0 Å². The van der Waals surface area contributed by atoms with Crippen LogP contribution in [-0.2, 0) is 13.0 Å². The molecular formula is C8H12F3N3S. The van der Waals surface area contributed by atoms with E-state index in [1.54, 1.807) is 0 Å². The van der Waals surface area contributed by atoms with Crippen LogP contribution in [0, 0.1) is 4.77 Å². The topological polar surface area (TPSA) is 33.6 Å². The number of H-pyrrole nitrogens is 1. The third-order valence-electron chi connectivity index (χ3n) is 1.93. The van der Waals surface area contributed by atoms with Crippen LogP contribution >= 0.6 is 12.2 Å². The molecule has 0 aliphatic carbocycles. The molecule has 0 atom stereocenters. The highest BCUT2D eigenvalue weighted by Crippen LogP contribution is 2.20. The minimum absolute atomic E-state index is 0.159. The highest BCUT2D eigenvalue weighted by molar-refractivity contribution is 7.71. The van der Waals surface area contributed by atoms with Crippen LogP contribution in [0.15, 0.2) is 0 Å². The smallest absolute Gasteiger partial charge is 0.304 e. The number of nitrogens with one attached hydrogen (secondary N) is 1. The normalized spacial score (nSPS) is 12.0. The van der Waals surface area contributed by atoms with E-state index in [1.165, 1.54) is 4.57 Å². The first-order valence-electron chi connectivity index (χ1n) is 4.65. The van der Waals surface area contributed by atoms with E-state index in [0.717, 1.165) is 6.42 Å². The molecule has 1 N–H and O–H groups in total. The third kappa shape index (κ3) is 3.65. The molecule has 0 aromatic carbocycles. The van der Waals surface area contributed by atoms with Crippen molar-refractivity contribution in [2.24, 2.45) is 0 Å². The molecule has 1 heterocycles. The molecular weight excluding hydrogens is 227 g/mol. The van der Waals surface area contributed by atoms with Gasteiger partial charge in [-0.2, -0.15) is 18.3 Å². The van der Waals surface area contributed by atoms with Crippen molar-refractivity contribution in [3.8, 4) is 0 Å². The van der Waals surface area contributed by atoms with Crippen molar-refractivity contribution in [2.45, 2.75) is 38.9 Å². The Bertz CT molecular complexity index is 366. The number of nitrogens with zero attached hydrogens (tertiary/aromatic N) is 2. The van der Waals surface area contributed by atoms with Crippen molar-refractivity contribution in [3.05, 3.63) is 10.6 Å². The minimum Gasteiger partial charge on any atom is -0.304 e. The molecule has 0 spiro atoms. The van der Waals surface area contributed by atoms with Crippen LogP contribution in [0.2, 0.25) is 0 Å². The monoisotopic (exact) mass is 239 g/mol.